The fourth-order valence-electron chi connectivity index (χ4n) is 2.09. The summed E-state index contributed by atoms with van der Waals surface area (Å²) in [6.45, 7) is 5.09. The minimum absolute atomic E-state index is 0.0426. The molecular weight excluding hydrogens is 273 g/mol. The molecule has 0 amide bonds. The number of halogens is 1. The maximum Gasteiger partial charge on any atom is 0.319 e. The van der Waals surface area contributed by atoms with E-state index in [0.29, 0.717) is 0 Å². The van der Waals surface area contributed by atoms with Gasteiger partial charge < -0.3 is 9.30 Å². The lowest BCUT2D eigenvalue weighted by Gasteiger charge is -2.21. The smallest absolute Gasteiger partial charge is 0.319 e. The molecule has 0 N–H and O–H groups in total. The number of rotatable bonds is 5. The van der Waals surface area contributed by atoms with E-state index in [9.17, 15) is 14.0 Å². The highest BCUT2D eigenvalue weighted by Crippen LogP contribution is 2.22. The molecule has 0 saturated carbocycles. The van der Waals surface area contributed by atoms with Crippen LogP contribution in [0.25, 0.3) is 10.9 Å². The van der Waals surface area contributed by atoms with E-state index < -0.39 is 11.4 Å². The average molecular weight is 291 g/mol. The van der Waals surface area contributed by atoms with Crippen molar-refractivity contribution >= 4 is 22.7 Å². The van der Waals surface area contributed by atoms with Crippen LogP contribution in [0.3, 0.4) is 0 Å². The van der Waals surface area contributed by atoms with Crippen LogP contribution in [-0.4, -0.2) is 22.9 Å². The normalized spacial score (nSPS) is 11.6. The highest BCUT2D eigenvalue weighted by Gasteiger charge is 2.37. The lowest BCUT2D eigenvalue weighted by molar-refractivity contribution is -0.158. The number of hydrogen-bond acceptors (Lipinski definition) is 3. The van der Waals surface area contributed by atoms with E-state index in [2.05, 4.69) is 0 Å². The molecule has 0 aliphatic rings. The number of Topliss-reactive ketones (excluding diaryl/α,β-unsaturated/α-hetero) is 1. The van der Waals surface area contributed by atoms with Crippen molar-refractivity contribution in [2.75, 3.05) is 6.61 Å². The van der Waals surface area contributed by atoms with Gasteiger partial charge in [-0.3, -0.25) is 9.59 Å². The first kappa shape index (κ1) is 15.2. The second-order valence-corrected chi connectivity index (χ2v) is 5.42. The number of benzene rings is 1. The van der Waals surface area contributed by atoms with Crippen LogP contribution >= 0.6 is 0 Å². The highest BCUT2D eigenvalue weighted by atomic mass is 19.1. The molecule has 0 aliphatic heterocycles. The van der Waals surface area contributed by atoms with Crippen molar-refractivity contribution in [2.24, 2.45) is 5.41 Å². The number of esters is 1. The Morgan fingerprint density at radius 2 is 2.00 bits per heavy atom. The minimum atomic E-state index is -1.20. The van der Waals surface area contributed by atoms with Crippen LogP contribution in [0.5, 0.6) is 0 Å². The molecule has 0 saturated heterocycles. The maximum absolute atomic E-state index is 13.2. The van der Waals surface area contributed by atoms with E-state index in [1.165, 1.54) is 12.1 Å². The zero-order valence-electron chi connectivity index (χ0n) is 12.4. The summed E-state index contributed by atoms with van der Waals surface area (Å²) in [7, 11) is 0. The molecule has 0 spiro atoms. The van der Waals surface area contributed by atoms with Gasteiger partial charge in [-0.25, -0.2) is 4.39 Å². The molecule has 2 rings (SSSR count). The Balaban J connectivity index is 2.23. The van der Waals surface area contributed by atoms with Crippen molar-refractivity contribution in [3.8, 4) is 0 Å². The van der Waals surface area contributed by atoms with Gasteiger partial charge in [0.25, 0.3) is 0 Å². The second-order valence-electron chi connectivity index (χ2n) is 5.42. The summed E-state index contributed by atoms with van der Waals surface area (Å²) >= 11 is 0. The number of nitrogens with zero attached hydrogens (tertiary/aromatic N) is 1. The number of ketones is 1. The number of fused-ring (bicyclic) bond motifs is 1. The molecule has 0 fully saturated rings. The predicted molar refractivity (Wildman–Crippen MR) is 77.3 cm³/mol. The molecule has 0 bridgehead atoms. The Bertz CT molecular complexity index is 688. The summed E-state index contributed by atoms with van der Waals surface area (Å²) in [6, 6.07) is 6.12. The standard InChI is InChI=1S/C16H18FNO3/c1-4-21-15(20)16(2,3)14(19)10-18-8-7-11-9-12(17)5-6-13(11)18/h5-9H,4,10H2,1-3H3. The first-order chi connectivity index (χ1) is 9.86. The molecule has 4 nitrogen and oxygen atoms in total. The first-order valence-corrected chi connectivity index (χ1v) is 6.81. The quantitative estimate of drug-likeness (QED) is 0.628. The molecule has 112 valence electrons. The van der Waals surface area contributed by atoms with Gasteiger partial charge in [0.15, 0.2) is 5.78 Å². The zero-order chi connectivity index (χ0) is 15.6. The molecule has 21 heavy (non-hydrogen) atoms. The van der Waals surface area contributed by atoms with Crippen molar-refractivity contribution in [3.05, 3.63) is 36.3 Å². The zero-order valence-corrected chi connectivity index (χ0v) is 12.4. The van der Waals surface area contributed by atoms with Crippen LogP contribution < -0.4 is 0 Å². The summed E-state index contributed by atoms with van der Waals surface area (Å²) in [5, 5.41) is 0.719. The van der Waals surface area contributed by atoms with Crippen molar-refractivity contribution in [1.29, 1.82) is 0 Å². The first-order valence-electron chi connectivity index (χ1n) is 6.81. The van der Waals surface area contributed by atoms with Crippen molar-refractivity contribution in [1.82, 2.24) is 4.57 Å². The van der Waals surface area contributed by atoms with Crippen molar-refractivity contribution in [3.63, 3.8) is 0 Å². The third kappa shape index (κ3) is 2.96. The van der Waals surface area contributed by atoms with E-state index in [0.717, 1.165) is 10.9 Å². The van der Waals surface area contributed by atoms with Gasteiger partial charge in [0.05, 0.1) is 13.2 Å². The number of carbonyl (C=O) groups excluding carboxylic acids is 2. The van der Waals surface area contributed by atoms with Gasteiger partial charge in [-0.1, -0.05) is 0 Å². The topological polar surface area (TPSA) is 48.3 Å². The van der Waals surface area contributed by atoms with Gasteiger partial charge >= 0.3 is 5.97 Å². The van der Waals surface area contributed by atoms with Gasteiger partial charge in [-0.05, 0) is 45.0 Å². The fourth-order valence-corrected chi connectivity index (χ4v) is 2.09. The van der Waals surface area contributed by atoms with E-state index in [-0.39, 0.29) is 24.8 Å². The minimum Gasteiger partial charge on any atom is -0.465 e. The monoisotopic (exact) mass is 291 g/mol. The van der Waals surface area contributed by atoms with Crippen LogP contribution in [0.2, 0.25) is 0 Å². The molecule has 0 unspecified atom stereocenters. The van der Waals surface area contributed by atoms with Crippen LogP contribution in [0.1, 0.15) is 20.8 Å². The Kier molecular flexibility index (Phi) is 4.11. The molecule has 1 aromatic carbocycles. The van der Waals surface area contributed by atoms with E-state index >= 15 is 0 Å². The molecular formula is C16H18FNO3. The summed E-state index contributed by atoms with van der Waals surface area (Å²) in [5.74, 6) is -1.10. The van der Waals surface area contributed by atoms with Crippen LogP contribution in [0.15, 0.2) is 30.5 Å². The SMILES string of the molecule is CCOC(=O)C(C)(C)C(=O)Cn1ccc2cc(F)ccc21. The van der Waals surface area contributed by atoms with E-state index in [1.54, 1.807) is 43.7 Å². The summed E-state index contributed by atoms with van der Waals surface area (Å²) in [4.78, 5) is 24.2. The number of aromatic nitrogens is 1. The number of carbonyl (C=O) groups is 2. The molecule has 0 atom stereocenters. The number of hydrogen-bond donors (Lipinski definition) is 0. The van der Waals surface area contributed by atoms with E-state index in [4.69, 9.17) is 4.74 Å². The van der Waals surface area contributed by atoms with Crippen LogP contribution in [-0.2, 0) is 20.9 Å². The molecule has 0 radical (unpaired) electrons. The Hall–Kier alpha value is -2.17. The molecule has 1 heterocycles. The third-order valence-electron chi connectivity index (χ3n) is 3.53. The maximum atomic E-state index is 13.2. The Morgan fingerprint density at radius 1 is 1.29 bits per heavy atom. The van der Waals surface area contributed by atoms with Crippen LogP contribution in [0, 0.1) is 11.2 Å². The number of ether oxygens (including phenoxy) is 1. The third-order valence-corrected chi connectivity index (χ3v) is 3.53. The van der Waals surface area contributed by atoms with Gasteiger partial charge in [-0.15, -0.1) is 0 Å². The predicted octanol–water partition coefficient (Wildman–Crippen LogP) is 2.94. The van der Waals surface area contributed by atoms with Crippen LogP contribution in [0.4, 0.5) is 4.39 Å². The highest BCUT2D eigenvalue weighted by molar-refractivity contribution is 6.03. The largest absolute Gasteiger partial charge is 0.465 e. The lowest BCUT2D eigenvalue weighted by Crippen LogP contribution is -2.37. The van der Waals surface area contributed by atoms with Gasteiger partial charge in [-0.2, -0.15) is 0 Å². The van der Waals surface area contributed by atoms with Crippen molar-refractivity contribution in [2.45, 2.75) is 27.3 Å². The fraction of sp³-hybridized carbons (Fsp3) is 0.375. The second kappa shape index (κ2) is 5.68. The summed E-state index contributed by atoms with van der Waals surface area (Å²) < 4.78 is 19.8. The van der Waals surface area contributed by atoms with Gasteiger partial charge in [0, 0.05) is 17.1 Å². The Labute approximate surface area is 122 Å². The summed E-state index contributed by atoms with van der Waals surface area (Å²) in [5.41, 5.74) is -0.448. The molecule has 0 aliphatic carbocycles. The van der Waals surface area contributed by atoms with E-state index in [1.807, 2.05) is 0 Å². The Morgan fingerprint density at radius 3 is 2.67 bits per heavy atom. The average Bonchev–Trinajstić information content (AvgIpc) is 2.81. The molecule has 5 heteroatoms. The van der Waals surface area contributed by atoms with Gasteiger partial charge in [0.2, 0.25) is 0 Å². The van der Waals surface area contributed by atoms with Gasteiger partial charge in [0.1, 0.15) is 11.2 Å². The summed E-state index contributed by atoms with van der Waals surface area (Å²) in [6.07, 6.45) is 1.71. The van der Waals surface area contributed by atoms with Crippen molar-refractivity contribution < 1.29 is 18.7 Å². The lowest BCUT2D eigenvalue weighted by atomic mass is 9.88. The molecule has 1 aromatic heterocycles. The molecule has 2 aromatic rings.